The second kappa shape index (κ2) is 6.87. The lowest BCUT2D eigenvalue weighted by Gasteiger charge is -2.24. The molecule has 0 N–H and O–H groups in total. The van der Waals surface area contributed by atoms with E-state index in [9.17, 15) is 9.59 Å². The number of ketones is 1. The van der Waals surface area contributed by atoms with Crippen molar-refractivity contribution in [2.45, 2.75) is 32.7 Å². The molecule has 82 valence electrons. The first-order valence-electron chi connectivity index (χ1n) is 4.73. The van der Waals surface area contributed by atoms with Gasteiger partial charge in [0.05, 0.1) is 0 Å². The number of amides is 1. The predicted molar refractivity (Wildman–Crippen MR) is 60.5 cm³/mol. The molecule has 4 heteroatoms. The van der Waals surface area contributed by atoms with Crippen LogP contribution in [0.4, 0.5) is 0 Å². The van der Waals surface area contributed by atoms with Crippen molar-refractivity contribution in [1.29, 1.82) is 0 Å². The van der Waals surface area contributed by atoms with Crippen molar-refractivity contribution in [2.75, 3.05) is 19.1 Å². The van der Waals surface area contributed by atoms with Gasteiger partial charge < -0.3 is 9.69 Å². The molecule has 14 heavy (non-hydrogen) atoms. The van der Waals surface area contributed by atoms with E-state index in [2.05, 4.69) is 0 Å². The molecule has 0 saturated carbocycles. The van der Waals surface area contributed by atoms with Gasteiger partial charge in [-0.05, 0) is 20.1 Å². The fraction of sp³-hybridized carbons (Fsp3) is 0.800. The van der Waals surface area contributed by atoms with Crippen LogP contribution >= 0.6 is 11.8 Å². The van der Waals surface area contributed by atoms with Gasteiger partial charge in [-0.3, -0.25) is 4.79 Å². The molecular weight excluding hydrogens is 198 g/mol. The number of hydrogen-bond acceptors (Lipinski definition) is 3. The lowest BCUT2D eigenvalue weighted by molar-refractivity contribution is -0.133. The molecule has 0 aliphatic rings. The van der Waals surface area contributed by atoms with Crippen molar-refractivity contribution in [3.05, 3.63) is 0 Å². The van der Waals surface area contributed by atoms with Gasteiger partial charge >= 0.3 is 0 Å². The lowest BCUT2D eigenvalue weighted by Crippen LogP contribution is -2.36. The third-order valence-corrected chi connectivity index (χ3v) is 2.97. The average Bonchev–Trinajstić information content (AvgIpc) is 2.13. The summed E-state index contributed by atoms with van der Waals surface area (Å²) in [5.41, 5.74) is 0. The first-order valence-corrected chi connectivity index (χ1v) is 6.12. The standard InChI is InChI=1S/C10H19NO2S/c1-8(7-14-4)11(3)10(13)6-5-9(2)12/h8H,5-7H2,1-4H3. The van der Waals surface area contributed by atoms with E-state index >= 15 is 0 Å². The molecule has 0 saturated heterocycles. The Labute approximate surface area is 90.2 Å². The van der Waals surface area contributed by atoms with E-state index in [1.807, 2.05) is 13.2 Å². The number of hydrogen-bond donors (Lipinski definition) is 0. The van der Waals surface area contributed by atoms with Gasteiger partial charge in [-0.1, -0.05) is 0 Å². The number of carbonyl (C=O) groups excluding carboxylic acids is 2. The van der Waals surface area contributed by atoms with Crippen molar-refractivity contribution in [2.24, 2.45) is 0 Å². The molecule has 0 rings (SSSR count). The van der Waals surface area contributed by atoms with E-state index in [0.29, 0.717) is 12.8 Å². The van der Waals surface area contributed by atoms with Gasteiger partial charge in [0.1, 0.15) is 5.78 Å². The molecule has 0 aromatic rings. The van der Waals surface area contributed by atoms with Crippen molar-refractivity contribution in [3.8, 4) is 0 Å². The molecule has 0 aliphatic carbocycles. The molecule has 0 aromatic heterocycles. The summed E-state index contributed by atoms with van der Waals surface area (Å²) in [5, 5.41) is 0. The Hall–Kier alpha value is -0.510. The summed E-state index contributed by atoms with van der Waals surface area (Å²) in [6.07, 6.45) is 2.71. The van der Waals surface area contributed by atoms with Crippen LogP contribution in [0.2, 0.25) is 0 Å². The van der Waals surface area contributed by atoms with Gasteiger partial charge in [0, 0.05) is 31.7 Å². The van der Waals surface area contributed by atoms with Gasteiger partial charge in [0.2, 0.25) is 5.91 Å². The minimum Gasteiger partial charge on any atom is -0.342 e. The molecule has 1 unspecified atom stereocenters. The van der Waals surface area contributed by atoms with Crippen LogP contribution in [0.1, 0.15) is 26.7 Å². The van der Waals surface area contributed by atoms with Gasteiger partial charge in [-0.15, -0.1) is 0 Å². The Morgan fingerprint density at radius 3 is 2.36 bits per heavy atom. The summed E-state index contributed by atoms with van der Waals surface area (Å²) >= 11 is 1.72. The van der Waals surface area contributed by atoms with E-state index in [0.717, 1.165) is 5.75 Å². The van der Waals surface area contributed by atoms with Crippen molar-refractivity contribution in [1.82, 2.24) is 4.90 Å². The second-order valence-corrected chi connectivity index (χ2v) is 4.42. The van der Waals surface area contributed by atoms with E-state index in [4.69, 9.17) is 0 Å². The summed E-state index contributed by atoms with van der Waals surface area (Å²) in [5.74, 6) is 1.06. The van der Waals surface area contributed by atoms with Crippen molar-refractivity contribution in [3.63, 3.8) is 0 Å². The Bertz CT molecular complexity index is 206. The third kappa shape index (κ3) is 5.27. The number of nitrogens with zero attached hydrogens (tertiary/aromatic N) is 1. The largest absolute Gasteiger partial charge is 0.342 e. The van der Waals surface area contributed by atoms with Crippen LogP contribution < -0.4 is 0 Å². The second-order valence-electron chi connectivity index (χ2n) is 3.51. The number of carbonyl (C=O) groups is 2. The zero-order valence-corrected chi connectivity index (χ0v) is 10.2. The first-order chi connectivity index (χ1) is 6.49. The summed E-state index contributed by atoms with van der Waals surface area (Å²) < 4.78 is 0. The molecule has 0 spiro atoms. The van der Waals surface area contributed by atoms with Crippen molar-refractivity contribution >= 4 is 23.5 Å². The summed E-state index contributed by atoms with van der Waals surface area (Å²) in [4.78, 5) is 23.9. The normalized spacial score (nSPS) is 12.3. The molecule has 0 bridgehead atoms. The predicted octanol–water partition coefficient (Wildman–Crippen LogP) is 1.57. The number of Topliss-reactive ketones (excluding diaryl/α,β-unsaturated/α-hetero) is 1. The molecule has 0 radical (unpaired) electrons. The lowest BCUT2D eigenvalue weighted by atomic mass is 10.2. The highest BCUT2D eigenvalue weighted by Gasteiger charge is 2.15. The Morgan fingerprint density at radius 1 is 1.36 bits per heavy atom. The fourth-order valence-electron chi connectivity index (χ4n) is 1.06. The molecule has 0 aliphatic heterocycles. The summed E-state index contributed by atoms with van der Waals surface area (Å²) in [6, 6.07) is 0.240. The van der Waals surface area contributed by atoms with Gasteiger partial charge in [0.15, 0.2) is 0 Å². The minimum atomic E-state index is 0.0572. The Morgan fingerprint density at radius 2 is 1.93 bits per heavy atom. The van der Waals surface area contributed by atoms with Crippen LogP contribution in [0.25, 0.3) is 0 Å². The quantitative estimate of drug-likeness (QED) is 0.677. The van der Waals surface area contributed by atoms with Gasteiger partial charge in [0.25, 0.3) is 0 Å². The maximum Gasteiger partial charge on any atom is 0.223 e. The number of rotatable bonds is 6. The Balaban J connectivity index is 3.91. The highest BCUT2D eigenvalue weighted by molar-refractivity contribution is 7.98. The third-order valence-electron chi connectivity index (χ3n) is 2.15. The van der Waals surface area contributed by atoms with Crippen LogP contribution in [0.3, 0.4) is 0 Å². The van der Waals surface area contributed by atoms with E-state index in [-0.39, 0.29) is 17.7 Å². The van der Waals surface area contributed by atoms with Gasteiger partial charge in [-0.25, -0.2) is 0 Å². The van der Waals surface area contributed by atoms with Crippen LogP contribution in [0.5, 0.6) is 0 Å². The molecule has 1 atom stereocenters. The molecular formula is C10H19NO2S. The molecule has 1 amide bonds. The minimum absolute atomic E-state index is 0.0572. The van der Waals surface area contributed by atoms with Crippen LogP contribution in [0, 0.1) is 0 Å². The maximum atomic E-state index is 11.5. The molecule has 0 heterocycles. The van der Waals surface area contributed by atoms with Crippen LogP contribution in [-0.4, -0.2) is 41.7 Å². The van der Waals surface area contributed by atoms with Crippen LogP contribution in [0.15, 0.2) is 0 Å². The maximum absolute atomic E-state index is 11.5. The van der Waals surface area contributed by atoms with E-state index in [1.165, 1.54) is 6.92 Å². The fourth-order valence-corrected chi connectivity index (χ4v) is 1.76. The van der Waals surface area contributed by atoms with Crippen LogP contribution in [-0.2, 0) is 9.59 Å². The van der Waals surface area contributed by atoms with Crippen molar-refractivity contribution < 1.29 is 9.59 Å². The molecule has 3 nitrogen and oxygen atoms in total. The first kappa shape index (κ1) is 13.5. The average molecular weight is 217 g/mol. The van der Waals surface area contributed by atoms with Gasteiger partial charge in [-0.2, -0.15) is 11.8 Å². The molecule has 0 aromatic carbocycles. The monoisotopic (exact) mass is 217 g/mol. The summed E-state index contributed by atoms with van der Waals surface area (Å²) in [7, 11) is 1.79. The zero-order valence-electron chi connectivity index (χ0n) is 9.37. The smallest absolute Gasteiger partial charge is 0.223 e. The SMILES string of the molecule is CSCC(C)N(C)C(=O)CCC(C)=O. The highest BCUT2D eigenvalue weighted by Crippen LogP contribution is 2.06. The Kier molecular flexibility index (Phi) is 6.62. The van der Waals surface area contributed by atoms with E-state index < -0.39 is 0 Å². The zero-order chi connectivity index (χ0) is 11.1. The topological polar surface area (TPSA) is 37.4 Å². The van der Waals surface area contributed by atoms with E-state index in [1.54, 1.807) is 23.7 Å². The highest BCUT2D eigenvalue weighted by atomic mass is 32.2. The summed E-state index contributed by atoms with van der Waals surface area (Å²) in [6.45, 7) is 3.53. The molecule has 0 fully saturated rings. The number of thioether (sulfide) groups is 1.